The third-order valence-electron chi connectivity index (χ3n) is 4.42. The molecule has 3 rings (SSSR count). The van der Waals surface area contributed by atoms with Crippen LogP contribution < -0.4 is 15.4 Å². The lowest BCUT2D eigenvalue weighted by Crippen LogP contribution is -2.14. The average Bonchev–Trinajstić information content (AvgIpc) is 2.74. The highest BCUT2D eigenvalue weighted by Gasteiger charge is 2.17. The quantitative estimate of drug-likeness (QED) is 0.583. The Morgan fingerprint density at radius 3 is 2.32 bits per heavy atom. The van der Waals surface area contributed by atoms with Crippen LogP contribution in [0.25, 0.3) is 0 Å². The number of ether oxygens (including phenoxy) is 1. The van der Waals surface area contributed by atoms with Gasteiger partial charge in [0.1, 0.15) is 5.75 Å². The summed E-state index contributed by atoms with van der Waals surface area (Å²) in [5.41, 5.74) is 1.68. The molecule has 0 saturated carbocycles. The minimum absolute atomic E-state index is 0.223. The number of benzene rings is 3. The van der Waals surface area contributed by atoms with Crippen molar-refractivity contribution in [2.75, 3.05) is 17.7 Å². The number of anilines is 2. The van der Waals surface area contributed by atoms with Crippen LogP contribution >= 0.6 is 0 Å². The number of hydrogen-bond acceptors (Lipinski definition) is 5. The third-order valence-corrected chi connectivity index (χ3v) is 6.12. The molecule has 2 amide bonds. The maximum atomic E-state index is 12.8. The van der Waals surface area contributed by atoms with Crippen LogP contribution in [0.1, 0.15) is 22.8 Å². The Bertz CT molecular complexity index is 1210. The van der Waals surface area contributed by atoms with E-state index in [9.17, 15) is 18.0 Å². The zero-order valence-corrected chi connectivity index (χ0v) is 17.9. The smallest absolute Gasteiger partial charge is 0.255 e. The first kappa shape index (κ1) is 22.0. The zero-order chi connectivity index (χ0) is 22.4. The van der Waals surface area contributed by atoms with Gasteiger partial charge in [-0.3, -0.25) is 9.59 Å². The molecule has 2 N–H and O–H groups in total. The lowest BCUT2D eigenvalue weighted by molar-refractivity contribution is -0.114. The molecular formula is C23H22N2O5S. The molecule has 0 heterocycles. The summed E-state index contributed by atoms with van der Waals surface area (Å²) in [6, 6.07) is 19.5. The highest BCUT2D eigenvalue weighted by atomic mass is 32.2. The molecule has 0 fully saturated rings. The number of rotatable bonds is 7. The van der Waals surface area contributed by atoms with E-state index < -0.39 is 15.7 Å². The van der Waals surface area contributed by atoms with Gasteiger partial charge in [-0.25, -0.2) is 8.42 Å². The van der Waals surface area contributed by atoms with Gasteiger partial charge in [-0.15, -0.1) is 0 Å². The van der Waals surface area contributed by atoms with Crippen molar-refractivity contribution >= 4 is 33.0 Å². The Kier molecular flexibility index (Phi) is 6.71. The predicted octanol–water partition coefficient (Wildman–Crippen LogP) is 3.88. The molecule has 7 nitrogen and oxygen atoms in total. The van der Waals surface area contributed by atoms with Crippen molar-refractivity contribution in [2.24, 2.45) is 0 Å². The van der Waals surface area contributed by atoms with Crippen molar-refractivity contribution in [3.63, 3.8) is 0 Å². The number of carbonyl (C=O) groups excluding carboxylic acids is 2. The van der Waals surface area contributed by atoms with Crippen LogP contribution in [-0.2, 0) is 20.4 Å². The standard InChI is InChI=1S/C23H22N2O5S/c1-16(26)24-19-11-12-22(30-2)21(14-19)25-23(27)18-8-6-7-17(13-18)15-31(28,29)20-9-4-3-5-10-20/h3-14H,15H2,1-2H3,(H,24,26)(H,25,27). The number of carbonyl (C=O) groups is 2. The summed E-state index contributed by atoms with van der Waals surface area (Å²) in [6.45, 7) is 1.39. The van der Waals surface area contributed by atoms with Crippen LogP contribution in [-0.4, -0.2) is 27.3 Å². The average molecular weight is 439 g/mol. The van der Waals surface area contributed by atoms with Crippen molar-refractivity contribution in [2.45, 2.75) is 17.6 Å². The van der Waals surface area contributed by atoms with Crippen LogP contribution in [0.3, 0.4) is 0 Å². The van der Waals surface area contributed by atoms with E-state index in [1.165, 1.54) is 14.0 Å². The molecule has 0 spiro atoms. The van der Waals surface area contributed by atoms with Crippen LogP contribution in [0.5, 0.6) is 5.75 Å². The minimum Gasteiger partial charge on any atom is -0.495 e. The molecule has 0 atom stereocenters. The second-order valence-electron chi connectivity index (χ2n) is 6.82. The molecule has 31 heavy (non-hydrogen) atoms. The zero-order valence-electron chi connectivity index (χ0n) is 17.1. The van der Waals surface area contributed by atoms with Crippen LogP contribution in [0, 0.1) is 0 Å². The van der Waals surface area contributed by atoms with Crippen molar-refractivity contribution in [3.8, 4) is 5.75 Å². The molecule has 0 unspecified atom stereocenters. The van der Waals surface area contributed by atoms with E-state index in [1.807, 2.05) is 0 Å². The van der Waals surface area contributed by atoms with Crippen LogP contribution in [0.4, 0.5) is 11.4 Å². The molecule has 0 aliphatic carbocycles. The summed E-state index contributed by atoms with van der Waals surface area (Å²) in [5.74, 6) is -0.475. The number of amides is 2. The van der Waals surface area contributed by atoms with Crippen molar-refractivity contribution in [1.29, 1.82) is 0 Å². The second kappa shape index (κ2) is 9.44. The fraction of sp³-hybridized carbons (Fsp3) is 0.130. The summed E-state index contributed by atoms with van der Waals surface area (Å²) >= 11 is 0. The molecular weight excluding hydrogens is 416 g/mol. The van der Waals surface area contributed by atoms with Gasteiger partial charge >= 0.3 is 0 Å². The Labute approximate surface area is 181 Å². The van der Waals surface area contributed by atoms with Crippen molar-refractivity contribution in [3.05, 3.63) is 83.9 Å². The normalized spacial score (nSPS) is 10.9. The lowest BCUT2D eigenvalue weighted by atomic mass is 10.1. The first-order valence-electron chi connectivity index (χ1n) is 9.42. The molecule has 8 heteroatoms. The van der Waals surface area contributed by atoms with E-state index in [-0.39, 0.29) is 16.6 Å². The molecule has 160 valence electrons. The van der Waals surface area contributed by atoms with Gasteiger partial charge in [0.05, 0.1) is 23.4 Å². The van der Waals surface area contributed by atoms with Gasteiger partial charge in [-0.2, -0.15) is 0 Å². The number of hydrogen-bond donors (Lipinski definition) is 2. The molecule has 3 aromatic carbocycles. The predicted molar refractivity (Wildman–Crippen MR) is 119 cm³/mol. The number of sulfone groups is 1. The first-order valence-corrected chi connectivity index (χ1v) is 11.1. The maximum Gasteiger partial charge on any atom is 0.255 e. The van der Waals surface area contributed by atoms with Crippen molar-refractivity contribution in [1.82, 2.24) is 0 Å². The van der Waals surface area contributed by atoms with E-state index in [0.29, 0.717) is 28.3 Å². The fourth-order valence-electron chi connectivity index (χ4n) is 3.01. The Morgan fingerprint density at radius 1 is 0.903 bits per heavy atom. The van der Waals surface area contributed by atoms with Gasteiger partial charge in [0.2, 0.25) is 5.91 Å². The molecule has 0 radical (unpaired) electrons. The number of methoxy groups -OCH3 is 1. The summed E-state index contributed by atoms with van der Waals surface area (Å²) in [4.78, 5) is 24.3. The summed E-state index contributed by atoms with van der Waals surface area (Å²) in [7, 11) is -2.06. The van der Waals surface area contributed by atoms with E-state index >= 15 is 0 Å². The maximum absolute atomic E-state index is 12.8. The topological polar surface area (TPSA) is 102 Å². The van der Waals surface area contributed by atoms with Gasteiger partial charge in [-0.05, 0) is 48.0 Å². The number of nitrogens with one attached hydrogen (secondary N) is 2. The van der Waals surface area contributed by atoms with E-state index in [1.54, 1.807) is 72.8 Å². The summed E-state index contributed by atoms with van der Waals surface area (Å²) < 4.78 is 30.5. The van der Waals surface area contributed by atoms with E-state index in [4.69, 9.17) is 4.74 Å². The van der Waals surface area contributed by atoms with Gasteiger partial charge in [-0.1, -0.05) is 30.3 Å². The first-order chi connectivity index (χ1) is 14.8. The van der Waals surface area contributed by atoms with Crippen LogP contribution in [0.15, 0.2) is 77.7 Å². The minimum atomic E-state index is -3.53. The van der Waals surface area contributed by atoms with Gasteiger partial charge in [0.25, 0.3) is 5.91 Å². The van der Waals surface area contributed by atoms with E-state index in [2.05, 4.69) is 10.6 Å². The van der Waals surface area contributed by atoms with Gasteiger partial charge in [0.15, 0.2) is 9.84 Å². The highest BCUT2D eigenvalue weighted by molar-refractivity contribution is 7.90. The molecule has 0 aliphatic heterocycles. The SMILES string of the molecule is COc1ccc(NC(C)=O)cc1NC(=O)c1cccc(CS(=O)(=O)c2ccccc2)c1. The Morgan fingerprint density at radius 2 is 1.65 bits per heavy atom. The Hall–Kier alpha value is -3.65. The summed E-state index contributed by atoms with van der Waals surface area (Å²) in [6.07, 6.45) is 0. The molecule has 0 aromatic heterocycles. The third kappa shape index (κ3) is 5.70. The lowest BCUT2D eigenvalue weighted by Gasteiger charge is -2.13. The van der Waals surface area contributed by atoms with Crippen molar-refractivity contribution < 1.29 is 22.7 Å². The fourth-order valence-corrected chi connectivity index (χ4v) is 4.37. The Balaban J connectivity index is 1.82. The van der Waals surface area contributed by atoms with Gasteiger partial charge < -0.3 is 15.4 Å². The molecule has 0 aliphatic rings. The van der Waals surface area contributed by atoms with E-state index in [0.717, 1.165) is 0 Å². The molecule has 0 bridgehead atoms. The monoisotopic (exact) mass is 438 g/mol. The van der Waals surface area contributed by atoms with Gasteiger partial charge in [0, 0.05) is 18.2 Å². The summed E-state index contributed by atoms with van der Waals surface area (Å²) in [5, 5.41) is 5.40. The molecule has 3 aromatic rings. The second-order valence-corrected chi connectivity index (χ2v) is 8.81. The highest BCUT2D eigenvalue weighted by Crippen LogP contribution is 2.28. The van der Waals surface area contributed by atoms with Crippen LogP contribution in [0.2, 0.25) is 0 Å². The largest absolute Gasteiger partial charge is 0.495 e. The molecule has 0 saturated heterocycles.